The van der Waals surface area contributed by atoms with Crippen molar-refractivity contribution in [1.29, 1.82) is 0 Å². The van der Waals surface area contributed by atoms with E-state index in [0.717, 1.165) is 25.9 Å². The quantitative estimate of drug-likeness (QED) is 0.0603. The second-order valence-electron chi connectivity index (χ2n) is 10.8. The predicted octanol–water partition coefficient (Wildman–Crippen LogP) is 9.24. The van der Waals surface area contributed by atoms with Gasteiger partial charge < -0.3 is 9.47 Å². The highest BCUT2D eigenvalue weighted by Crippen LogP contribution is 2.24. The highest BCUT2D eigenvalue weighted by Gasteiger charge is 2.28. The number of ether oxygens (including phenoxy) is 2. The smallest absolute Gasteiger partial charge is 0.0757 e. The number of alkyl halides is 1. The van der Waals surface area contributed by atoms with E-state index in [9.17, 15) is 0 Å². The number of rotatable bonds is 18. The molecule has 0 saturated heterocycles. The number of halogens is 1. The van der Waals surface area contributed by atoms with Crippen molar-refractivity contribution in [1.82, 2.24) is 4.90 Å². The van der Waals surface area contributed by atoms with Crippen LogP contribution in [0.3, 0.4) is 0 Å². The summed E-state index contributed by atoms with van der Waals surface area (Å²) in [6.45, 7) is 5.30. The summed E-state index contributed by atoms with van der Waals surface area (Å²) < 4.78 is 14.6. The lowest BCUT2D eigenvalue weighted by Crippen LogP contribution is -2.44. The molecule has 0 bridgehead atoms. The molecule has 0 amide bonds. The second kappa shape index (κ2) is 18.1. The Labute approximate surface area is 261 Å². The van der Waals surface area contributed by atoms with Crippen molar-refractivity contribution in [3.8, 4) is 0 Å². The Bertz CT molecular complexity index is 1170. The van der Waals surface area contributed by atoms with E-state index in [0.29, 0.717) is 13.2 Å². The van der Waals surface area contributed by atoms with Gasteiger partial charge in [-0.15, -0.1) is 0 Å². The van der Waals surface area contributed by atoms with Gasteiger partial charge in [0.05, 0.1) is 25.4 Å². The van der Waals surface area contributed by atoms with Gasteiger partial charge in [-0.25, -0.2) is 0 Å². The van der Waals surface area contributed by atoms with Crippen LogP contribution in [-0.4, -0.2) is 27.6 Å². The van der Waals surface area contributed by atoms with Crippen molar-refractivity contribution in [3.05, 3.63) is 144 Å². The molecule has 0 N–H and O–H groups in total. The van der Waals surface area contributed by atoms with Gasteiger partial charge in [-0.2, -0.15) is 0 Å². The van der Waals surface area contributed by atoms with E-state index in [2.05, 4.69) is 156 Å². The minimum Gasteiger partial charge on any atom is -0.373 e. The zero-order valence-electron chi connectivity index (χ0n) is 24.3. The Hall–Kier alpha value is -2.51. The molecule has 0 fully saturated rings. The number of benzene rings is 4. The summed E-state index contributed by atoms with van der Waals surface area (Å²) in [7, 11) is 0. The maximum absolute atomic E-state index is 6.81. The molecule has 0 heterocycles. The zero-order chi connectivity index (χ0) is 28.5. The summed E-state index contributed by atoms with van der Waals surface area (Å²) in [6.07, 6.45) is 4.44. The molecule has 0 aliphatic rings. The Kier molecular flexibility index (Phi) is 13.9. The second-order valence-corrected chi connectivity index (χ2v) is 11.9. The molecular weight excluding hydrogens is 617 g/mol. The Morgan fingerprint density at radius 1 is 0.585 bits per heavy atom. The van der Waals surface area contributed by atoms with Crippen LogP contribution in [-0.2, 0) is 35.8 Å². The van der Waals surface area contributed by atoms with E-state index < -0.39 is 0 Å². The van der Waals surface area contributed by atoms with E-state index >= 15 is 0 Å². The number of hydrogen-bond donors (Lipinski definition) is 0. The summed E-state index contributed by atoms with van der Waals surface area (Å²) >= 11 is 2.48. The van der Waals surface area contributed by atoms with Crippen LogP contribution in [0.4, 0.5) is 0 Å². The largest absolute Gasteiger partial charge is 0.373 e. The lowest BCUT2D eigenvalue weighted by molar-refractivity contribution is -0.0668. The Balaban J connectivity index is 1.56. The summed E-state index contributed by atoms with van der Waals surface area (Å²) in [5, 5.41) is 0. The maximum Gasteiger partial charge on any atom is 0.0757 e. The number of nitrogens with zero attached hydrogens (tertiary/aromatic N) is 1. The average Bonchev–Trinajstić information content (AvgIpc) is 3.03. The minimum absolute atomic E-state index is 0.0167. The molecule has 4 rings (SSSR count). The van der Waals surface area contributed by atoms with Gasteiger partial charge in [0.1, 0.15) is 0 Å². The summed E-state index contributed by atoms with van der Waals surface area (Å²) in [4.78, 5) is 2.57. The Morgan fingerprint density at radius 3 is 1.49 bits per heavy atom. The molecule has 0 spiro atoms. The van der Waals surface area contributed by atoms with Crippen molar-refractivity contribution in [2.45, 2.75) is 77.2 Å². The molecule has 0 unspecified atom stereocenters. The van der Waals surface area contributed by atoms with Crippen LogP contribution in [0.15, 0.2) is 121 Å². The lowest BCUT2D eigenvalue weighted by Gasteiger charge is -2.36. The molecule has 3 atom stereocenters. The summed E-state index contributed by atoms with van der Waals surface area (Å²) in [5.74, 6) is 0. The molecule has 4 aromatic carbocycles. The first-order valence-electron chi connectivity index (χ1n) is 14.9. The summed E-state index contributed by atoms with van der Waals surface area (Å²) in [5.41, 5.74) is 5.05. The maximum atomic E-state index is 6.81. The number of unbranched alkanes of at least 4 members (excludes halogenated alkanes) is 1. The lowest BCUT2D eigenvalue weighted by atomic mass is 9.99. The third-order valence-electron chi connectivity index (χ3n) is 7.61. The van der Waals surface area contributed by atoms with Gasteiger partial charge in [0.15, 0.2) is 0 Å². The highest BCUT2D eigenvalue weighted by atomic mass is 127. The fourth-order valence-electron chi connectivity index (χ4n) is 5.18. The molecule has 41 heavy (non-hydrogen) atoms. The molecule has 216 valence electrons. The van der Waals surface area contributed by atoms with Crippen LogP contribution in [0.5, 0.6) is 0 Å². The van der Waals surface area contributed by atoms with E-state index in [1.165, 1.54) is 39.5 Å². The first-order valence-corrected chi connectivity index (χ1v) is 16.4. The van der Waals surface area contributed by atoms with Gasteiger partial charge in [-0.3, -0.25) is 4.90 Å². The fourth-order valence-corrected chi connectivity index (χ4v) is 5.72. The van der Waals surface area contributed by atoms with E-state index in [1.54, 1.807) is 0 Å². The van der Waals surface area contributed by atoms with Gasteiger partial charge >= 0.3 is 0 Å². The normalized spacial score (nSPS) is 13.6. The van der Waals surface area contributed by atoms with Crippen molar-refractivity contribution in [2.24, 2.45) is 0 Å². The van der Waals surface area contributed by atoms with Crippen molar-refractivity contribution in [2.75, 3.05) is 4.43 Å². The number of hydrogen-bond acceptors (Lipinski definition) is 3. The van der Waals surface area contributed by atoms with Crippen molar-refractivity contribution < 1.29 is 9.47 Å². The van der Waals surface area contributed by atoms with Gasteiger partial charge in [0, 0.05) is 25.6 Å². The van der Waals surface area contributed by atoms with Crippen LogP contribution in [0.1, 0.15) is 54.9 Å². The topological polar surface area (TPSA) is 21.7 Å². The SMILES string of the molecule is C[C@@H]([C@H](C[C@@H](CCCCI)OCc1ccccc1)OCc1ccccc1)N(Cc1ccccc1)Cc1ccccc1. The first-order chi connectivity index (χ1) is 20.2. The van der Waals surface area contributed by atoms with Crippen molar-refractivity contribution in [3.63, 3.8) is 0 Å². The molecule has 4 heteroatoms. The standard InChI is InChI=1S/C37H44INO2/c1-31(39(27-32-16-6-2-7-17-32)28-33-18-8-3-9-19-33)37(41-30-35-22-12-5-13-23-35)26-36(24-14-15-25-38)40-29-34-20-10-4-11-21-34/h2-13,16-23,31,36-37H,14-15,24-30H2,1H3/t31-,36+,37-/m0/s1. The Morgan fingerprint density at radius 2 is 1.02 bits per heavy atom. The average molecular weight is 662 g/mol. The molecule has 0 aliphatic carbocycles. The molecule has 0 saturated carbocycles. The zero-order valence-corrected chi connectivity index (χ0v) is 26.4. The molecule has 4 aromatic rings. The van der Waals surface area contributed by atoms with Crippen LogP contribution >= 0.6 is 22.6 Å². The van der Waals surface area contributed by atoms with Crippen LogP contribution in [0.2, 0.25) is 0 Å². The van der Waals surface area contributed by atoms with E-state index in [1.807, 2.05) is 0 Å². The van der Waals surface area contributed by atoms with Crippen molar-refractivity contribution >= 4 is 22.6 Å². The predicted molar refractivity (Wildman–Crippen MR) is 179 cm³/mol. The molecule has 3 nitrogen and oxygen atoms in total. The molecule has 0 aliphatic heterocycles. The molecular formula is C37H44INO2. The fraction of sp³-hybridized carbons (Fsp3) is 0.351. The highest BCUT2D eigenvalue weighted by molar-refractivity contribution is 14.1. The van der Waals surface area contributed by atoms with Crippen LogP contribution in [0.25, 0.3) is 0 Å². The monoisotopic (exact) mass is 661 g/mol. The van der Waals surface area contributed by atoms with Crippen LogP contribution in [0, 0.1) is 0 Å². The van der Waals surface area contributed by atoms with Gasteiger partial charge in [0.2, 0.25) is 0 Å². The van der Waals surface area contributed by atoms with Crippen LogP contribution < -0.4 is 0 Å². The van der Waals surface area contributed by atoms with E-state index in [-0.39, 0.29) is 18.2 Å². The molecule has 0 radical (unpaired) electrons. The van der Waals surface area contributed by atoms with Gasteiger partial charge in [-0.05, 0) is 46.4 Å². The first kappa shape index (κ1) is 31.4. The molecule has 0 aromatic heterocycles. The summed E-state index contributed by atoms with van der Waals surface area (Å²) in [6, 6.07) is 42.8. The van der Waals surface area contributed by atoms with Gasteiger partial charge in [0.25, 0.3) is 0 Å². The van der Waals surface area contributed by atoms with Gasteiger partial charge in [-0.1, -0.05) is 150 Å². The minimum atomic E-state index is 0.0167. The third kappa shape index (κ3) is 11.4. The third-order valence-corrected chi connectivity index (χ3v) is 8.37. The van der Waals surface area contributed by atoms with E-state index in [4.69, 9.17) is 9.47 Å².